The standard InChI is InChI=1S/C11H18O5/c1-3-4-13-5-10(16-9-12-2)6-14-7-11-8-15-11/h1,10-11H,4-9H2,2H3. The van der Waals surface area contributed by atoms with E-state index < -0.39 is 0 Å². The Morgan fingerprint density at radius 2 is 2.19 bits per heavy atom. The van der Waals surface area contributed by atoms with Crippen LogP contribution in [0.2, 0.25) is 0 Å². The van der Waals surface area contributed by atoms with Crippen molar-refractivity contribution < 1.29 is 23.7 Å². The van der Waals surface area contributed by atoms with Gasteiger partial charge in [0, 0.05) is 7.11 Å². The molecule has 16 heavy (non-hydrogen) atoms. The molecule has 1 aliphatic rings. The molecule has 5 heteroatoms. The second-order valence-electron chi connectivity index (χ2n) is 3.41. The van der Waals surface area contributed by atoms with Crippen LogP contribution in [0.1, 0.15) is 0 Å². The lowest BCUT2D eigenvalue weighted by Gasteiger charge is -2.16. The van der Waals surface area contributed by atoms with Crippen molar-refractivity contribution >= 4 is 0 Å². The minimum atomic E-state index is -0.160. The van der Waals surface area contributed by atoms with Crippen LogP contribution in [-0.4, -0.2) is 59.1 Å². The highest BCUT2D eigenvalue weighted by molar-refractivity contribution is 4.83. The van der Waals surface area contributed by atoms with Gasteiger partial charge in [0.2, 0.25) is 0 Å². The first kappa shape index (κ1) is 13.4. The molecule has 92 valence electrons. The SMILES string of the molecule is C#CCOCC(COCC1CO1)OCOC. The smallest absolute Gasteiger partial charge is 0.146 e. The molecule has 0 N–H and O–H groups in total. The molecule has 0 aromatic rings. The molecule has 1 heterocycles. The number of epoxide rings is 1. The molecule has 5 nitrogen and oxygen atoms in total. The number of ether oxygens (including phenoxy) is 5. The van der Waals surface area contributed by atoms with E-state index in [1.54, 1.807) is 7.11 Å². The maximum atomic E-state index is 5.41. The van der Waals surface area contributed by atoms with Crippen molar-refractivity contribution in [1.29, 1.82) is 0 Å². The van der Waals surface area contributed by atoms with Gasteiger partial charge in [-0.3, -0.25) is 0 Å². The molecule has 2 unspecified atom stereocenters. The van der Waals surface area contributed by atoms with Gasteiger partial charge in [-0.2, -0.15) is 0 Å². The lowest BCUT2D eigenvalue weighted by Crippen LogP contribution is -2.27. The van der Waals surface area contributed by atoms with Gasteiger partial charge in [0.15, 0.2) is 0 Å². The minimum absolute atomic E-state index is 0.160. The summed E-state index contributed by atoms with van der Waals surface area (Å²) in [5.74, 6) is 2.39. The largest absolute Gasteiger partial charge is 0.376 e. The predicted octanol–water partition coefficient (Wildman–Crippen LogP) is 0.0407. The van der Waals surface area contributed by atoms with Crippen LogP contribution in [0.15, 0.2) is 0 Å². The Hall–Kier alpha value is -0.640. The summed E-state index contributed by atoms with van der Waals surface area (Å²) in [6.07, 6.45) is 5.17. The Kier molecular flexibility index (Phi) is 7.14. The number of terminal acetylenes is 1. The third kappa shape index (κ3) is 6.77. The molecule has 0 saturated carbocycles. The van der Waals surface area contributed by atoms with Gasteiger partial charge in [-0.25, -0.2) is 0 Å². The van der Waals surface area contributed by atoms with Gasteiger partial charge in [-0.1, -0.05) is 5.92 Å². The van der Waals surface area contributed by atoms with E-state index >= 15 is 0 Å². The minimum Gasteiger partial charge on any atom is -0.376 e. The van der Waals surface area contributed by atoms with Crippen molar-refractivity contribution in [3.05, 3.63) is 0 Å². The van der Waals surface area contributed by atoms with Crippen molar-refractivity contribution in [2.24, 2.45) is 0 Å². The van der Waals surface area contributed by atoms with E-state index in [2.05, 4.69) is 5.92 Å². The van der Waals surface area contributed by atoms with Gasteiger partial charge in [-0.05, 0) is 0 Å². The van der Waals surface area contributed by atoms with Crippen LogP contribution in [0.3, 0.4) is 0 Å². The molecule has 1 fully saturated rings. The zero-order valence-electron chi connectivity index (χ0n) is 9.52. The highest BCUT2D eigenvalue weighted by Crippen LogP contribution is 2.09. The van der Waals surface area contributed by atoms with Crippen LogP contribution in [0.25, 0.3) is 0 Å². The Labute approximate surface area is 95.9 Å². The first-order valence-corrected chi connectivity index (χ1v) is 5.18. The van der Waals surface area contributed by atoms with Crippen molar-refractivity contribution in [3.8, 4) is 12.3 Å². The topological polar surface area (TPSA) is 49.5 Å². The molecule has 1 aliphatic heterocycles. The van der Waals surface area contributed by atoms with E-state index in [1.807, 2.05) is 0 Å². The maximum absolute atomic E-state index is 5.41. The maximum Gasteiger partial charge on any atom is 0.146 e. The van der Waals surface area contributed by atoms with Crippen molar-refractivity contribution in [2.45, 2.75) is 12.2 Å². The molecule has 2 atom stereocenters. The summed E-state index contributed by atoms with van der Waals surface area (Å²) >= 11 is 0. The van der Waals surface area contributed by atoms with Gasteiger partial charge in [0.05, 0.1) is 26.4 Å². The number of methoxy groups -OCH3 is 1. The van der Waals surface area contributed by atoms with Crippen molar-refractivity contribution in [1.82, 2.24) is 0 Å². The van der Waals surface area contributed by atoms with Gasteiger partial charge < -0.3 is 23.7 Å². The molecule has 1 saturated heterocycles. The second-order valence-corrected chi connectivity index (χ2v) is 3.41. The fourth-order valence-electron chi connectivity index (χ4n) is 1.05. The quantitative estimate of drug-likeness (QED) is 0.229. The third-order valence-corrected chi connectivity index (χ3v) is 1.92. The van der Waals surface area contributed by atoms with E-state index in [0.29, 0.717) is 19.8 Å². The Morgan fingerprint density at radius 3 is 2.81 bits per heavy atom. The lowest BCUT2D eigenvalue weighted by molar-refractivity contribution is -0.118. The summed E-state index contributed by atoms with van der Waals surface area (Å²) in [4.78, 5) is 0. The summed E-state index contributed by atoms with van der Waals surface area (Å²) < 4.78 is 25.8. The molecule has 0 aromatic carbocycles. The Balaban J connectivity index is 2.05. The Morgan fingerprint density at radius 1 is 1.44 bits per heavy atom. The number of hydrogen-bond donors (Lipinski definition) is 0. The normalized spacial score (nSPS) is 20.4. The fourth-order valence-corrected chi connectivity index (χ4v) is 1.05. The summed E-state index contributed by atoms with van der Waals surface area (Å²) in [7, 11) is 1.57. The molecular weight excluding hydrogens is 212 g/mol. The van der Waals surface area contributed by atoms with Crippen LogP contribution in [-0.2, 0) is 23.7 Å². The summed E-state index contributed by atoms with van der Waals surface area (Å²) in [6, 6.07) is 0. The van der Waals surface area contributed by atoms with Gasteiger partial charge >= 0.3 is 0 Å². The first-order chi connectivity index (χ1) is 7.86. The number of rotatable bonds is 10. The van der Waals surface area contributed by atoms with E-state index in [9.17, 15) is 0 Å². The molecule has 0 spiro atoms. The molecule has 1 rings (SSSR count). The molecule has 0 aliphatic carbocycles. The molecule has 0 bridgehead atoms. The van der Waals surface area contributed by atoms with E-state index in [-0.39, 0.29) is 25.6 Å². The van der Waals surface area contributed by atoms with Crippen LogP contribution >= 0.6 is 0 Å². The van der Waals surface area contributed by atoms with Crippen LogP contribution < -0.4 is 0 Å². The first-order valence-electron chi connectivity index (χ1n) is 5.18. The van der Waals surface area contributed by atoms with Crippen LogP contribution in [0.5, 0.6) is 0 Å². The zero-order valence-corrected chi connectivity index (χ0v) is 9.52. The van der Waals surface area contributed by atoms with Gasteiger partial charge in [0.25, 0.3) is 0 Å². The summed E-state index contributed by atoms with van der Waals surface area (Å²) in [6.45, 7) is 2.73. The summed E-state index contributed by atoms with van der Waals surface area (Å²) in [5, 5.41) is 0. The fraction of sp³-hybridized carbons (Fsp3) is 0.818. The van der Waals surface area contributed by atoms with Crippen molar-refractivity contribution in [3.63, 3.8) is 0 Å². The van der Waals surface area contributed by atoms with Crippen molar-refractivity contribution in [2.75, 3.05) is 46.9 Å². The molecule has 0 amide bonds. The monoisotopic (exact) mass is 230 g/mol. The highest BCUT2D eigenvalue weighted by atomic mass is 16.7. The van der Waals surface area contributed by atoms with E-state index in [0.717, 1.165) is 6.61 Å². The Bertz CT molecular complexity index is 209. The predicted molar refractivity (Wildman–Crippen MR) is 57.0 cm³/mol. The lowest BCUT2D eigenvalue weighted by atomic mass is 10.4. The van der Waals surface area contributed by atoms with Crippen LogP contribution in [0, 0.1) is 12.3 Å². The zero-order chi connectivity index (χ0) is 11.6. The van der Waals surface area contributed by atoms with E-state index in [1.165, 1.54) is 0 Å². The number of hydrogen-bond acceptors (Lipinski definition) is 5. The highest BCUT2D eigenvalue weighted by Gasteiger charge is 2.23. The second kappa shape index (κ2) is 8.50. The molecule has 0 aromatic heterocycles. The average Bonchev–Trinajstić information content (AvgIpc) is 3.09. The molecular formula is C11H18O5. The average molecular weight is 230 g/mol. The third-order valence-electron chi connectivity index (χ3n) is 1.92. The summed E-state index contributed by atoms with van der Waals surface area (Å²) in [5.41, 5.74) is 0. The van der Waals surface area contributed by atoms with Gasteiger partial charge in [0.1, 0.15) is 25.6 Å². The van der Waals surface area contributed by atoms with Crippen LogP contribution in [0.4, 0.5) is 0 Å². The van der Waals surface area contributed by atoms with Gasteiger partial charge in [-0.15, -0.1) is 6.42 Å². The molecule has 0 radical (unpaired) electrons. The van der Waals surface area contributed by atoms with E-state index in [4.69, 9.17) is 30.1 Å².